The topological polar surface area (TPSA) is 99.3 Å². The van der Waals surface area contributed by atoms with Crippen LogP contribution in [0, 0.1) is 6.92 Å². The highest BCUT2D eigenvalue weighted by molar-refractivity contribution is 7.13. The lowest BCUT2D eigenvalue weighted by Crippen LogP contribution is -2.27. The molecule has 3 heterocycles. The van der Waals surface area contributed by atoms with Crippen LogP contribution in [0.15, 0.2) is 23.7 Å². The van der Waals surface area contributed by atoms with Crippen LogP contribution in [0.1, 0.15) is 35.0 Å². The summed E-state index contributed by atoms with van der Waals surface area (Å²) in [6.45, 7) is 3.65. The summed E-state index contributed by atoms with van der Waals surface area (Å²) in [6, 6.07) is 3.59. The van der Waals surface area contributed by atoms with Gasteiger partial charge in [-0.1, -0.05) is 6.07 Å². The van der Waals surface area contributed by atoms with Crippen molar-refractivity contribution in [3.05, 3.63) is 40.9 Å². The van der Waals surface area contributed by atoms with Crippen LogP contribution < -0.4 is 5.32 Å². The zero-order valence-electron chi connectivity index (χ0n) is 11.5. The first-order valence-electron chi connectivity index (χ1n) is 6.42. The molecule has 0 saturated heterocycles. The van der Waals surface area contributed by atoms with Crippen LogP contribution in [-0.2, 0) is 0 Å². The Hall–Kier alpha value is -2.48. The van der Waals surface area contributed by atoms with Gasteiger partial charge in [-0.2, -0.15) is 10.2 Å². The van der Waals surface area contributed by atoms with Crippen LogP contribution in [0.5, 0.6) is 0 Å². The summed E-state index contributed by atoms with van der Waals surface area (Å²) in [6.07, 6.45) is 1.53. The summed E-state index contributed by atoms with van der Waals surface area (Å²) in [5.74, 6) is 1.07. The van der Waals surface area contributed by atoms with E-state index in [-0.39, 0.29) is 11.9 Å². The summed E-state index contributed by atoms with van der Waals surface area (Å²) in [5, 5.41) is 18.5. The summed E-state index contributed by atoms with van der Waals surface area (Å²) >= 11 is 1.55. The number of nitrogens with zero attached hydrogens (tertiary/aromatic N) is 3. The van der Waals surface area contributed by atoms with Crippen molar-refractivity contribution in [3.63, 3.8) is 0 Å². The molecule has 0 aliphatic heterocycles. The Morgan fingerprint density at radius 3 is 2.95 bits per heavy atom. The fraction of sp³-hybridized carbons (Fsp3) is 0.231. The molecule has 0 unspecified atom stereocenters. The fourth-order valence-electron chi connectivity index (χ4n) is 1.96. The first-order chi connectivity index (χ1) is 10.1. The number of nitrogens with one attached hydrogen (secondary N) is 3. The summed E-state index contributed by atoms with van der Waals surface area (Å²) in [5.41, 5.74) is 1.23. The van der Waals surface area contributed by atoms with Gasteiger partial charge in [0.05, 0.1) is 28.4 Å². The maximum absolute atomic E-state index is 12.4. The molecule has 0 aromatic carbocycles. The third kappa shape index (κ3) is 2.70. The molecule has 3 aromatic rings. The maximum atomic E-state index is 12.4. The van der Waals surface area contributed by atoms with Gasteiger partial charge in [0.1, 0.15) is 5.82 Å². The lowest BCUT2D eigenvalue weighted by molar-refractivity contribution is 0.0939. The van der Waals surface area contributed by atoms with Crippen LogP contribution in [0.25, 0.3) is 10.6 Å². The Morgan fingerprint density at radius 2 is 2.29 bits per heavy atom. The average molecular weight is 302 g/mol. The number of aromatic nitrogens is 5. The van der Waals surface area contributed by atoms with E-state index in [2.05, 4.69) is 30.7 Å². The van der Waals surface area contributed by atoms with Crippen molar-refractivity contribution in [1.82, 2.24) is 30.7 Å². The predicted octanol–water partition coefficient (Wildman–Crippen LogP) is 2.06. The SMILES string of the molecule is Cc1nc([C@@H](C)NC(=O)c2cn[nH]c2-c2cccs2)n[nH]1. The van der Waals surface area contributed by atoms with E-state index in [1.54, 1.807) is 11.3 Å². The highest BCUT2D eigenvalue weighted by Crippen LogP contribution is 2.26. The van der Waals surface area contributed by atoms with Crippen molar-refractivity contribution in [2.75, 3.05) is 0 Å². The van der Waals surface area contributed by atoms with Gasteiger partial charge in [-0.3, -0.25) is 15.0 Å². The van der Waals surface area contributed by atoms with E-state index in [1.807, 2.05) is 31.4 Å². The van der Waals surface area contributed by atoms with Gasteiger partial charge in [-0.15, -0.1) is 11.3 Å². The summed E-state index contributed by atoms with van der Waals surface area (Å²) in [7, 11) is 0. The van der Waals surface area contributed by atoms with Crippen LogP contribution in [0.2, 0.25) is 0 Å². The molecule has 0 fully saturated rings. The van der Waals surface area contributed by atoms with Gasteiger partial charge in [0.15, 0.2) is 5.82 Å². The van der Waals surface area contributed by atoms with E-state index in [9.17, 15) is 4.79 Å². The van der Waals surface area contributed by atoms with Gasteiger partial charge in [0.25, 0.3) is 5.91 Å². The molecule has 0 radical (unpaired) electrons. The number of hydrogen-bond acceptors (Lipinski definition) is 5. The minimum atomic E-state index is -0.284. The molecule has 0 bridgehead atoms. The number of aryl methyl sites for hydroxylation is 1. The second kappa shape index (κ2) is 5.49. The normalized spacial score (nSPS) is 12.3. The zero-order valence-corrected chi connectivity index (χ0v) is 12.4. The van der Waals surface area contributed by atoms with Crippen LogP contribution in [0.4, 0.5) is 0 Å². The first kappa shape index (κ1) is 13.5. The number of carbonyl (C=O) groups is 1. The highest BCUT2D eigenvalue weighted by Gasteiger charge is 2.19. The number of H-pyrrole nitrogens is 2. The Balaban J connectivity index is 1.79. The molecule has 3 N–H and O–H groups in total. The number of thiophene rings is 1. The molecule has 1 atom stereocenters. The second-order valence-electron chi connectivity index (χ2n) is 4.61. The van der Waals surface area contributed by atoms with E-state index >= 15 is 0 Å². The smallest absolute Gasteiger partial charge is 0.255 e. The van der Waals surface area contributed by atoms with Crippen molar-refractivity contribution < 1.29 is 4.79 Å². The average Bonchev–Trinajstić information content (AvgIpc) is 3.19. The standard InChI is InChI=1S/C13H14N6OS/c1-7(12-16-8(2)17-19-12)15-13(20)9-6-14-18-11(9)10-4-3-5-21-10/h3-7H,1-2H3,(H,14,18)(H,15,20)(H,16,17,19)/t7-/m1/s1. The van der Waals surface area contributed by atoms with Gasteiger partial charge in [0.2, 0.25) is 0 Å². The van der Waals surface area contributed by atoms with Crippen LogP contribution in [-0.4, -0.2) is 31.3 Å². The van der Waals surface area contributed by atoms with Crippen molar-refractivity contribution in [2.24, 2.45) is 0 Å². The van der Waals surface area contributed by atoms with E-state index in [1.165, 1.54) is 6.20 Å². The van der Waals surface area contributed by atoms with Gasteiger partial charge < -0.3 is 5.32 Å². The summed E-state index contributed by atoms with van der Waals surface area (Å²) in [4.78, 5) is 17.6. The van der Waals surface area contributed by atoms with Crippen molar-refractivity contribution >= 4 is 17.2 Å². The fourth-order valence-corrected chi connectivity index (χ4v) is 2.69. The van der Waals surface area contributed by atoms with Crippen molar-refractivity contribution in [3.8, 4) is 10.6 Å². The van der Waals surface area contributed by atoms with Gasteiger partial charge in [-0.05, 0) is 25.3 Å². The number of carbonyl (C=O) groups excluding carboxylic acids is 1. The number of aromatic amines is 2. The Kier molecular flexibility index (Phi) is 3.53. The van der Waals surface area contributed by atoms with E-state index in [4.69, 9.17) is 0 Å². The number of hydrogen-bond donors (Lipinski definition) is 3. The molecular formula is C13H14N6OS. The Labute approximate surface area is 124 Å². The minimum Gasteiger partial charge on any atom is -0.342 e. The molecular weight excluding hydrogens is 288 g/mol. The monoisotopic (exact) mass is 302 g/mol. The largest absolute Gasteiger partial charge is 0.342 e. The molecule has 3 rings (SSSR count). The van der Waals surface area contributed by atoms with Crippen LogP contribution in [0.3, 0.4) is 0 Å². The Morgan fingerprint density at radius 1 is 1.43 bits per heavy atom. The van der Waals surface area contributed by atoms with Crippen molar-refractivity contribution in [2.45, 2.75) is 19.9 Å². The maximum Gasteiger partial charge on any atom is 0.255 e. The van der Waals surface area contributed by atoms with Crippen LogP contribution >= 0.6 is 11.3 Å². The molecule has 0 spiro atoms. The van der Waals surface area contributed by atoms with Gasteiger partial charge >= 0.3 is 0 Å². The van der Waals surface area contributed by atoms with Crippen molar-refractivity contribution in [1.29, 1.82) is 0 Å². The third-order valence-corrected chi connectivity index (χ3v) is 3.89. The third-order valence-electron chi connectivity index (χ3n) is 3.00. The number of rotatable bonds is 4. The molecule has 1 amide bonds. The molecule has 108 valence electrons. The zero-order chi connectivity index (χ0) is 14.8. The molecule has 21 heavy (non-hydrogen) atoms. The predicted molar refractivity (Wildman–Crippen MR) is 78.9 cm³/mol. The van der Waals surface area contributed by atoms with Gasteiger partial charge in [0, 0.05) is 0 Å². The molecule has 8 heteroatoms. The molecule has 7 nitrogen and oxygen atoms in total. The lowest BCUT2D eigenvalue weighted by Gasteiger charge is -2.10. The Bertz CT molecular complexity index is 744. The quantitative estimate of drug-likeness (QED) is 0.687. The highest BCUT2D eigenvalue weighted by atomic mass is 32.1. The lowest BCUT2D eigenvalue weighted by atomic mass is 10.2. The minimum absolute atomic E-state index is 0.206. The number of amides is 1. The van der Waals surface area contributed by atoms with E-state index in [0.29, 0.717) is 17.2 Å². The summed E-state index contributed by atoms with van der Waals surface area (Å²) < 4.78 is 0. The molecule has 0 aliphatic rings. The molecule has 3 aromatic heterocycles. The molecule has 0 aliphatic carbocycles. The first-order valence-corrected chi connectivity index (χ1v) is 7.30. The van der Waals surface area contributed by atoms with E-state index < -0.39 is 0 Å². The molecule has 0 saturated carbocycles. The van der Waals surface area contributed by atoms with Gasteiger partial charge in [-0.25, -0.2) is 4.98 Å². The van der Waals surface area contributed by atoms with E-state index in [0.717, 1.165) is 10.6 Å². The second-order valence-corrected chi connectivity index (χ2v) is 5.56.